The van der Waals surface area contributed by atoms with Crippen LogP contribution in [-0.4, -0.2) is 46.6 Å². The Hall–Kier alpha value is -3.18. The molecule has 1 atom stereocenters. The first-order valence-electron chi connectivity index (χ1n) is 9.98. The first-order valence-corrected chi connectivity index (χ1v) is 11.1. The number of ether oxygens (including phenoxy) is 2. The molecule has 2 aliphatic rings. The summed E-state index contributed by atoms with van der Waals surface area (Å²) in [6, 6.07) is 13.8. The standard InChI is InChI=1S/C23H23N3O4S/c1-23(2)10-16-4-3-5-19(21(16)30-23)29-12-20(27)26-14-31-13-18(26)22(28)25-17-8-6-15(11-24)7-9-17/h3-9,18H,10,12-14H2,1-2H3,(H,25,28). The Morgan fingerprint density at radius 2 is 2.06 bits per heavy atom. The Morgan fingerprint density at radius 3 is 2.81 bits per heavy atom. The second-order valence-corrected chi connectivity index (χ2v) is 9.13. The van der Waals surface area contributed by atoms with Crippen LogP contribution in [0.3, 0.4) is 0 Å². The minimum atomic E-state index is -0.576. The van der Waals surface area contributed by atoms with Gasteiger partial charge in [-0.15, -0.1) is 11.8 Å². The van der Waals surface area contributed by atoms with Crippen LogP contribution >= 0.6 is 11.8 Å². The number of carbonyl (C=O) groups is 2. The van der Waals surface area contributed by atoms with Gasteiger partial charge in [0, 0.05) is 23.4 Å². The second kappa shape index (κ2) is 8.52. The molecule has 31 heavy (non-hydrogen) atoms. The quantitative estimate of drug-likeness (QED) is 0.772. The number of hydrogen-bond donors (Lipinski definition) is 1. The fraction of sp³-hybridized carbons (Fsp3) is 0.348. The van der Waals surface area contributed by atoms with Crippen molar-refractivity contribution in [3.8, 4) is 17.6 Å². The summed E-state index contributed by atoms with van der Waals surface area (Å²) < 4.78 is 11.8. The van der Waals surface area contributed by atoms with Crippen molar-refractivity contribution < 1.29 is 19.1 Å². The van der Waals surface area contributed by atoms with Crippen LogP contribution < -0.4 is 14.8 Å². The number of anilines is 1. The van der Waals surface area contributed by atoms with Crippen molar-refractivity contribution in [2.24, 2.45) is 0 Å². The van der Waals surface area contributed by atoms with Crippen LogP contribution in [0.1, 0.15) is 25.0 Å². The van der Waals surface area contributed by atoms with Gasteiger partial charge in [-0.05, 0) is 44.2 Å². The number of fused-ring (bicyclic) bond motifs is 1. The molecular formula is C23H23N3O4S. The van der Waals surface area contributed by atoms with Crippen LogP contribution in [0.25, 0.3) is 0 Å². The van der Waals surface area contributed by atoms with Gasteiger partial charge in [-0.2, -0.15) is 5.26 Å². The van der Waals surface area contributed by atoms with Gasteiger partial charge in [0.25, 0.3) is 5.91 Å². The fourth-order valence-electron chi connectivity index (χ4n) is 3.68. The van der Waals surface area contributed by atoms with Crippen molar-refractivity contribution in [2.75, 3.05) is 23.6 Å². The Morgan fingerprint density at radius 1 is 1.29 bits per heavy atom. The van der Waals surface area contributed by atoms with E-state index in [0.29, 0.717) is 34.4 Å². The van der Waals surface area contributed by atoms with E-state index in [4.69, 9.17) is 14.7 Å². The lowest BCUT2D eigenvalue weighted by Gasteiger charge is -2.23. The topological polar surface area (TPSA) is 91.7 Å². The maximum absolute atomic E-state index is 12.8. The number of nitrogens with zero attached hydrogens (tertiary/aromatic N) is 2. The summed E-state index contributed by atoms with van der Waals surface area (Å²) in [7, 11) is 0. The van der Waals surface area contributed by atoms with Crippen molar-refractivity contribution in [3.05, 3.63) is 53.6 Å². The molecule has 0 saturated carbocycles. The van der Waals surface area contributed by atoms with Gasteiger partial charge in [-0.1, -0.05) is 12.1 Å². The highest BCUT2D eigenvalue weighted by molar-refractivity contribution is 7.99. The average Bonchev–Trinajstić information content (AvgIpc) is 3.36. The summed E-state index contributed by atoms with van der Waals surface area (Å²) >= 11 is 1.53. The second-order valence-electron chi connectivity index (χ2n) is 8.13. The number of carbonyl (C=O) groups excluding carboxylic acids is 2. The number of thioether (sulfide) groups is 1. The summed E-state index contributed by atoms with van der Waals surface area (Å²) in [4.78, 5) is 27.1. The first-order chi connectivity index (χ1) is 14.9. The molecule has 2 aromatic rings. The number of rotatable bonds is 5. The molecule has 4 rings (SSSR count). The van der Waals surface area contributed by atoms with E-state index in [1.165, 1.54) is 16.7 Å². The third-order valence-corrected chi connectivity index (χ3v) is 6.21. The van der Waals surface area contributed by atoms with E-state index in [0.717, 1.165) is 12.0 Å². The van der Waals surface area contributed by atoms with E-state index in [1.54, 1.807) is 30.3 Å². The zero-order chi connectivity index (χ0) is 22.0. The lowest BCUT2D eigenvalue weighted by molar-refractivity contribution is -0.137. The van der Waals surface area contributed by atoms with E-state index in [-0.39, 0.29) is 24.0 Å². The minimum absolute atomic E-state index is 0.165. The molecule has 0 bridgehead atoms. The van der Waals surface area contributed by atoms with Crippen LogP contribution in [0.2, 0.25) is 0 Å². The molecule has 2 heterocycles. The van der Waals surface area contributed by atoms with E-state index in [9.17, 15) is 9.59 Å². The highest BCUT2D eigenvalue weighted by Crippen LogP contribution is 2.41. The molecule has 1 unspecified atom stereocenters. The molecule has 160 valence electrons. The average molecular weight is 438 g/mol. The normalized spacial score (nSPS) is 18.6. The zero-order valence-corrected chi connectivity index (χ0v) is 18.2. The molecule has 0 radical (unpaired) electrons. The molecule has 0 aromatic heterocycles. The van der Waals surface area contributed by atoms with Crippen LogP contribution in [0.15, 0.2) is 42.5 Å². The number of amides is 2. The van der Waals surface area contributed by atoms with Crippen molar-refractivity contribution in [2.45, 2.75) is 31.9 Å². The highest BCUT2D eigenvalue weighted by atomic mass is 32.2. The smallest absolute Gasteiger partial charge is 0.261 e. The van der Waals surface area contributed by atoms with E-state index < -0.39 is 6.04 Å². The van der Waals surface area contributed by atoms with Gasteiger partial charge in [-0.3, -0.25) is 9.59 Å². The van der Waals surface area contributed by atoms with Crippen LogP contribution in [0, 0.1) is 11.3 Å². The molecular weight excluding hydrogens is 414 g/mol. The lowest BCUT2D eigenvalue weighted by Crippen LogP contribution is -2.46. The van der Waals surface area contributed by atoms with Crippen molar-refractivity contribution in [3.63, 3.8) is 0 Å². The number of nitriles is 1. The summed E-state index contributed by atoms with van der Waals surface area (Å²) in [5.74, 6) is 1.68. The Bertz CT molecular complexity index is 1050. The summed E-state index contributed by atoms with van der Waals surface area (Å²) in [6.07, 6.45) is 0.786. The van der Waals surface area contributed by atoms with Gasteiger partial charge in [0.15, 0.2) is 18.1 Å². The lowest BCUT2D eigenvalue weighted by atomic mass is 10.0. The van der Waals surface area contributed by atoms with Gasteiger partial charge in [-0.25, -0.2) is 0 Å². The molecule has 2 amide bonds. The van der Waals surface area contributed by atoms with Gasteiger partial charge < -0.3 is 19.7 Å². The van der Waals surface area contributed by atoms with Crippen molar-refractivity contribution in [1.82, 2.24) is 4.90 Å². The van der Waals surface area contributed by atoms with E-state index >= 15 is 0 Å². The number of nitrogens with one attached hydrogen (secondary N) is 1. The summed E-state index contributed by atoms with van der Waals surface area (Å²) in [6.45, 7) is 3.86. The van der Waals surface area contributed by atoms with Gasteiger partial charge >= 0.3 is 0 Å². The van der Waals surface area contributed by atoms with Crippen LogP contribution in [0.5, 0.6) is 11.5 Å². The minimum Gasteiger partial charge on any atom is -0.483 e. The predicted octanol–water partition coefficient (Wildman–Crippen LogP) is 3.19. The molecule has 1 fully saturated rings. The van der Waals surface area contributed by atoms with Crippen molar-refractivity contribution >= 4 is 29.3 Å². The number of para-hydroxylation sites is 1. The third-order valence-electron chi connectivity index (χ3n) is 5.19. The molecule has 2 aromatic carbocycles. The SMILES string of the molecule is CC1(C)Cc2cccc(OCC(=O)N3CSCC3C(=O)Nc3ccc(C#N)cc3)c2O1. The monoisotopic (exact) mass is 437 g/mol. The molecule has 0 spiro atoms. The van der Waals surface area contributed by atoms with Gasteiger partial charge in [0.1, 0.15) is 11.6 Å². The van der Waals surface area contributed by atoms with Crippen molar-refractivity contribution in [1.29, 1.82) is 5.26 Å². The Kier molecular flexibility index (Phi) is 5.79. The molecule has 2 aliphatic heterocycles. The molecule has 0 aliphatic carbocycles. The summed E-state index contributed by atoms with van der Waals surface area (Å²) in [5, 5.41) is 11.7. The molecule has 8 heteroatoms. The zero-order valence-electron chi connectivity index (χ0n) is 17.4. The first kappa shape index (κ1) is 21.1. The highest BCUT2D eigenvalue weighted by Gasteiger charge is 2.36. The Labute approximate surface area is 185 Å². The Balaban J connectivity index is 1.38. The van der Waals surface area contributed by atoms with Gasteiger partial charge in [0.2, 0.25) is 5.91 Å². The molecule has 7 nitrogen and oxygen atoms in total. The predicted molar refractivity (Wildman–Crippen MR) is 118 cm³/mol. The maximum atomic E-state index is 12.8. The molecule has 1 N–H and O–H groups in total. The van der Waals surface area contributed by atoms with E-state index in [1.807, 2.05) is 32.0 Å². The van der Waals surface area contributed by atoms with Crippen LogP contribution in [0.4, 0.5) is 5.69 Å². The number of benzene rings is 2. The fourth-order valence-corrected chi connectivity index (χ4v) is 4.86. The van der Waals surface area contributed by atoms with Gasteiger partial charge in [0.05, 0.1) is 17.5 Å². The number of hydrogen-bond acceptors (Lipinski definition) is 6. The van der Waals surface area contributed by atoms with E-state index in [2.05, 4.69) is 5.32 Å². The largest absolute Gasteiger partial charge is 0.483 e. The maximum Gasteiger partial charge on any atom is 0.261 e. The van der Waals surface area contributed by atoms with Crippen LogP contribution in [-0.2, 0) is 16.0 Å². The third kappa shape index (κ3) is 4.62. The molecule has 1 saturated heterocycles. The summed E-state index contributed by atoms with van der Waals surface area (Å²) in [5.41, 5.74) is 1.87.